The molecular formula is C19H21ClN2O3. The molecule has 0 aliphatic rings. The fraction of sp³-hybridized carbons (Fsp3) is 0.263. The average Bonchev–Trinajstić information content (AvgIpc) is 2.62. The van der Waals surface area contributed by atoms with Crippen molar-refractivity contribution in [2.45, 2.75) is 33.3 Å². The highest BCUT2D eigenvalue weighted by Crippen LogP contribution is 2.26. The van der Waals surface area contributed by atoms with Crippen LogP contribution in [0.2, 0.25) is 5.02 Å². The molecule has 0 saturated carbocycles. The molecule has 0 saturated heterocycles. The summed E-state index contributed by atoms with van der Waals surface area (Å²) in [7, 11) is 0. The van der Waals surface area contributed by atoms with Gasteiger partial charge in [-0.2, -0.15) is 0 Å². The van der Waals surface area contributed by atoms with Gasteiger partial charge >= 0.3 is 0 Å². The maximum atomic E-state index is 12.1. The van der Waals surface area contributed by atoms with Gasteiger partial charge in [-0.25, -0.2) is 0 Å². The zero-order chi connectivity index (χ0) is 18.4. The van der Waals surface area contributed by atoms with Crippen LogP contribution in [0, 0.1) is 6.92 Å². The third-order valence-electron chi connectivity index (χ3n) is 3.68. The van der Waals surface area contributed by atoms with Gasteiger partial charge in [-0.15, -0.1) is 0 Å². The Bertz CT molecular complexity index is 760. The Morgan fingerprint density at radius 1 is 1.12 bits per heavy atom. The lowest BCUT2D eigenvalue weighted by Gasteiger charge is -2.16. The van der Waals surface area contributed by atoms with Crippen LogP contribution in [0.25, 0.3) is 0 Å². The molecule has 0 radical (unpaired) electrons. The first-order chi connectivity index (χ1) is 11.9. The van der Waals surface area contributed by atoms with Crippen molar-refractivity contribution in [3.63, 3.8) is 0 Å². The first-order valence-corrected chi connectivity index (χ1v) is 8.40. The van der Waals surface area contributed by atoms with Crippen molar-refractivity contribution in [1.29, 1.82) is 0 Å². The van der Waals surface area contributed by atoms with Crippen molar-refractivity contribution in [2.75, 3.05) is 0 Å². The lowest BCUT2D eigenvalue weighted by Crippen LogP contribution is -2.47. The van der Waals surface area contributed by atoms with Crippen LogP contribution < -0.4 is 15.6 Å². The molecule has 2 aromatic rings. The number of hydrogen-bond donors (Lipinski definition) is 2. The van der Waals surface area contributed by atoms with E-state index in [-0.39, 0.29) is 0 Å². The Morgan fingerprint density at radius 2 is 1.80 bits per heavy atom. The van der Waals surface area contributed by atoms with Crippen LogP contribution in [-0.4, -0.2) is 17.9 Å². The van der Waals surface area contributed by atoms with Gasteiger partial charge in [0.1, 0.15) is 5.75 Å². The van der Waals surface area contributed by atoms with Gasteiger partial charge in [0.05, 0.1) is 5.02 Å². The molecule has 2 amide bonds. The average molecular weight is 361 g/mol. The number of carbonyl (C=O) groups excluding carboxylic acids is 2. The number of hydrazine groups is 1. The number of aryl methyl sites for hydroxylation is 2. The molecule has 6 heteroatoms. The minimum atomic E-state index is -0.818. The Morgan fingerprint density at radius 3 is 2.44 bits per heavy atom. The summed E-state index contributed by atoms with van der Waals surface area (Å²) in [6.07, 6.45) is 0.0803. The number of nitrogens with one attached hydrogen (secondary N) is 2. The summed E-state index contributed by atoms with van der Waals surface area (Å²) in [5, 5.41) is 0.422. The lowest BCUT2D eigenvalue weighted by atomic mass is 10.1. The summed E-state index contributed by atoms with van der Waals surface area (Å²) < 4.78 is 5.56. The summed E-state index contributed by atoms with van der Waals surface area (Å²) in [6.45, 7) is 5.52. The number of ether oxygens (including phenoxy) is 1. The van der Waals surface area contributed by atoms with E-state index in [4.69, 9.17) is 16.3 Å². The lowest BCUT2D eigenvalue weighted by molar-refractivity contribution is -0.128. The minimum Gasteiger partial charge on any atom is -0.479 e. The van der Waals surface area contributed by atoms with Crippen LogP contribution in [0.5, 0.6) is 5.75 Å². The predicted molar refractivity (Wildman–Crippen MR) is 97.7 cm³/mol. The number of hydrogen-bond acceptors (Lipinski definition) is 3. The van der Waals surface area contributed by atoms with Gasteiger partial charge in [0.2, 0.25) is 0 Å². The molecule has 0 aliphatic carbocycles. The maximum Gasteiger partial charge on any atom is 0.279 e. The third-order valence-corrected chi connectivity index (χ3v) is 4.00. The standard InChI is InChI=1S/C19H21ClN2O3/c1-4-14-6-8-15(9-7-14)19(24)22-21-18(23)13(3)25-17-11-12(2)5-10-16(17)20/h5-11,13H,4H2,1-3H3,(H,21,23)(H,22,24). The molecule has 0 heterocycles. The van der Waals surface area contributed by atoms with Crippen LogP contribution in [0.3, 0.4) is 0 Å². The Hall–Kier alpha value is -2.53. The van der Waals surface area contributed by atoms with E-state index in [1.807, 2.05) is 32.0 Å². The van der Waals surface area contributed by atoms with Crippen molar-refractivity contribution >= 4 is 23.4 Å². The van der Waals surface area contributed by atoms with Gasteiger partial charge in [0, 0.05) is 5.56 Å². The minimum absolute atomic E-state index is 0.392. The number of benzene rings is 2. The van der Waals surface area contributed by atoms with Gasteiger partial charge in [0.15, 0.2) is 6.10 Å². The van der Waals surface area contributed by atoms with E-state index in [9.17, 15) is 9.59 Å². The van der Waals surface area contributed by atoms with E-state index in [1.54, 1.807) is 31.2 Å². The van der Waals surface area contributed by atoms with Crippen molar-refractivity contribution in [1.82, 2.24) is 10.9 Å². The highest BCUT2D eigenvalue weighted by atomic mass is 35.5. The van der Waals surface area contributed by atoms with Crippen molar-refractivity contribution in [2.24, 2.45) is 0 Å². The summed E-state index contributed by atoms with van der Waals surface area (Å²) in [5.74, 6) is -0.446. The fourth-order valence-corrected chi connectivity index (χ4v) is 2.29. The van der Waals surface area contributed by atoms with Gasteiger partial charge < -0.3 is 4.74 Å². The second-order valence-corrected chi connectivity index (χ2v) is 6.10. The second-order valence-electron chi connectivity index (χ2n) is 5.69. The van der Waals surface area contributed by atoms with Gasteiger partial charge in [-0.1, -0.05) is 36.7 Å². The van der Waals surface area contributed by atoms with E-state index in [2.05, 4.69) is 10.9 Å². The number of rotatable bonds is 5. The molecule has 1 unspecified atom stereocenters. The number of amides is 2. The Labute approximate surface area is 152 Å². The third kappa shape index (κ3) is 5.22. The molecule has 2 aromatic carbocycles. The molecule has 0 spiro atoms. The predicted octanol–water partition coefficient (Wildman–Crippen LogP) is 3.44. The maximum absolute atomic E-state index is 12.1. The van der Waals surface area contributed by atoms with Crippen molar-refractivity contribution in [3.8, 4) is 5.75 Å². The molecule has 1 atom stereocenters. The van der Waals surface area contributed by atoms with Crippen LogP contribution >= 0.6 is 11.6 Å². The molecule has 0 aromatic heterocycles. The molecule has 132 valence electrons. The van der Waals surface area contributed by atoms with Crippen LogP contribution in [0.4, 0.5) is 0 Å². The second kappa shape index (κ2) is 8.53. The highest BCUT2D eigenvalue weighted by molar-refractivity contribution is 6.32. The van der Waals surface area contributed by atoms with E-state index in [0.717, 1.165) is 17.5 Å². The van der Waals surface area contributed by atoms with Crippen LogP contribution in [0.15, 0.2) is 42.5 Å². The fourth-order valence-electron chi connectivity index (χ4n) is 2.13. The van der Waals surface area contributed by atoms with Crippen molar-refractivity contribution in [3.05, 3.63) is 64.2 Å². The quantitative estimate of drug-likeness (QED) is 0.802. The summed E-state index contributed by atoms with van der Waals surface area (Å²) in [5.41, 5.74) is 7.31. The first kappa shape index (κ1) is 18.8. The van der Waals surface area contributed by atoms with E-state index >= 15 is 0 Å². The Balaban J connectivity index is 1.90. The summed E-state index contributed by atoms with van der Waals surface area (Å²) >= 11 is 6.05. The zero-order valence-corrected chi connectivity index (χ0v) is 15.2. The van der Waals surface area contributed by atoms with E-state index in [1.165, 1.54) is 0 Å². The monoisotopic (exact) mass is 360 g/mol. The summed E-state index contributed by atoms with van der Waals surface area (Å²) in [6, 6.07) is 12.5. The van der Waals surface area contributed by atoms with E-state index in [0.29, 0.717) is 16.3 Å². The van der Waals surface area contributed by atoms with Gasteiger partial charge in [-0.05, 0) is 55.7 Å². The summed E-state index contributed by atoms with van der Waals surface area (Å²) in [4.78, 5) is 24.1. The first-order valence-electron chi connectivity index (χ1n) is 8.02. The van der Waals surface area contributed by atoms with Gasteiger partial charge in [-0.3, -0.25) is 20.4 Å². The molecule has 0 aliphatic heterocycles. The molecular weight excluding hydrogens is 340 g/mol. The SMILES string of the molecule is CCc1ccc(C(=O)NNC(=O)C(C)Oc2cc(C)ccc2Cl)cc1. The molecule has 0 bridgehead atoms. The van der Waals surface area contributed by atoms with Crippen LogP contribution in [0.1, 0.15) is 35.3 Å². The Kier molecular flexibility index (Phi) is 6.42. The van der Waals surface area contributed by atoms with Crippen LogP contribution in [-0.2, 0) is 11.2 Å². The molecule has 2 rings (SSSR count). The topological polar surface area (TPSA) is 67.4 Å². The van der Waals surface area contributed by atoms with Crippen molar-refractivity contribution < 1.29 is 14.3 Å². The molecule has 5 nitrogen and oxygen atoms in total. The van der Waals surface area contributed by atoms with E-state index < -0.39 is 17.9 Å². The molecule has 25 heavy (non-hydrogen) atoms. The smallest absolute Gasteiger partial charge is 0.279 e. The molecule has 0 fully saturated rings. The zero-order valence-electron chi connectivity index (χ0n) is 14.4. The number of carbonyl (C=O) groups is 2. The van der Waals surface area contributed by atoms with Gasteiger partial charge in [0.25, 0.3) is 11.8 Å². The largest absolute Gasteiger partial charge is 0.479 e. The highest BCUT2D eigenvalue weighted by Gasteiger charge is 2.17. The molecule has 2 N–H and O–H groups in total. The number of halogens is 1. The normalized spacial score (nSPS) is 11.5.